The van der Waals surface area contributed by atoms with Gasteiger partial charge in [-0.2, -0.15) is 0 Å². The molecule has 2 aliphatic heterocycles. The Balaban J connectivity index is 1.65. The Morgan fingerprint density at radius 2 is 1.91 bits per heavy atom. The Hall–Kier alpha value is -0.990. The van der Waals surface area contributed by atoms with Crippen LogP contribution in [-0.2, 0) is 20.3 Å². The minimum absolute atomic E-state index is 0.00219. The summed E-state index contributed by atoms with van der Waals surface area (Å²) in [5.74, 6) is 0.403. The number of nitrogens with zero attached hydrogens (tertiary/aromatic N) is 1. The lowest BCUT2D eigenvalue weighted by atomic mass is 9.42. The zero-order valence-electron chi connectivity index (χ0n) is 19.8. The van der Waals surface area contributed by atoms with Crippen LogP contribution in [0.5, 0.6) is 0 Å². The molecule has 2 saturated heterocycles. The molecule has 180 valence electrons. The molecule has 0 aromatic heterocycles. The Bertz CT molecular complexity index is 876. The maximum Gasteiger partial charge on any atom is 0.223 e. The zero-order chi connectivity index (χ0) is 23.2. The summed E-state index contributed by atoms with van der Waals surface area (Å²) < 4.78 is 20.2. The van der Waals surface area contributed by atoms with Gasteiger partial charge in [0.25, 0.3) is 0 Å². The first-order chi connectivity index (χ1) is 15.0. The average Bonchev–Trinajstić information content (AvgIpc) is 3.08. The molecule has 11 atom stereocenters. The molecule has 5 rings (SSSR count). The van der Waals surface area contributed by atoms with E-state index < -0.39 is 27.9 Å². The van der Waals surface area contributed by atoms with Gasteiger partial charge in [0.15, 0.2) is 0 Å². The largest absolute Gasteiger partial charge is 0.411 e. The molecule has 0 radical (unpaired) electrons. The first kappa shape index (κ1) is 22.8. The summed E-state index contributed by atoms with van der Waals surface area (Å²) in [6.45, 7) is 9.42. The summed E-state index contributed by atoms with van der Waals surface area (Å²) >= 11 is 0. The van der Waals surface area contributed by atoms with Gasteiger partial charge in [0.05, 0.1) is 28.8 Å². The van der Waals surface area contributed by atoms with Crippen LogP contribution in [0.2, 0.25) is 0 Å². The standard InChI is InChI=1S/C24H38N2O5S/c1-12-6-7-18-22(2,3)20(26-29)17(32(5)30)10-24(18)23(12,4)9-14-16(27)8-13-15(19(14)31-24)11-25-21(13)28/h12-19,27,29H,6-11H2,1-5H3,(H,25,28). The van der Waals surface area contributed by atoms with E-state index in [2.05, 4.69) is 38.2 Å². The first-order valence-corrected chi connectivity index (χ1v) is 13.8. The number of nitrogens with one attached hydrogen (secondary N) is 1. The number of aliphatic hydroxyl groups excluding tert-OH is 1. The van der Waals surface area contributed by atoms with Crippen LogP contribution in [-0.4, -0.2) is 62.0 Å². The number of fused-ring (bicyclic) bond motifs is 3. The van der Waals surface area contributed by atoms with Crippen LogP contribution in [0.3, 0.4) is 0 Å². The maximum absolute atomic E-state index is 12.9. The summed E-state index contributed by atoms with van der Waals surface area (Å²) in [4.78, 5) is 12.5. The monoisotopic (exact) mass is 466 g/mol. The van der Waals surface area contributed by atoms with Gasteiger partial charge in [-0.3, -0.25) is 9.00 Å². The third-order valence-corrected chi connectivity index (χ3v) is 11.7. The lowest BCUT2D eigenvalue weighted by Crippen LogP contribution is -2.74. The van der Waals surface area contributed by atoms with Crippen molar-refractivity contribution in [2.45, 2.75) is 82.9 Å². The smallest absolute Gasteiger partial charge is 0.223 e. The summed E-state index contributed by atoms with van der Waals surface area (Å²) in [5, 5.41) is 27.4. The highest BCUT2D eigenvalue weighted by Crippen LogP contribution is 2.68. The SMILES string of the molecule is CC1CCC2C(C)(C)C(=NO)C(S(C)=O)CC23OC2C(CC13C)C(O)CC1C(=O)NCC12. The predicted molar refractivity (Wildman–Crippen MR) is 122 cm³/mol. The fourth-order valence-electron chi connectivity index (χ4n) is 8.62. The van der Waals surface area contributed by atoms with Crippen molar-refractivity contribution >= 4 is 22.4 Å². The van der Waals surface area contributed by atoms with Crippen LogP contribution in [0.1, 0.15) is 59.8 Å². The van der Waals surface area contributed by atoms with Gasteiger partial charge in [-0.15, -0.1) is 0 Å². The minimum atomic E-state index is -1.21. The molecule has 2 heterocycles. The molecule has 5 fully saturated rings. The van der Waals surface area contributed by atoms with Crippen LogP contribution in [0, 0.1) is 40.4 Å². The summed E-state index contributed by atoms with van der Waals surface area (Å²) in [6, 6.07) is 0. The normalized spacial score (nSPS) is 54.1. The van der Waals surface area contributed by atoms with Crippen molar-refractivity contribution in [3.05, 3.63) is 0 Å². The third-order valence-electron chi connectivity index (χ3n) is 10.5. The van der Waals surface area contributed by atoms with E-state index >= 15 is 0 Å². The van der Waals surface area contributed by atoms with Gasteiger partial charge in [0.2, 0.25) is 5.91 Å². The quantitative estimate of drug-likeness (QED) is 0.406. The lowest BCUT2D eigenvalue weighted by molar-refractivity contribution is -0.318. The van der Waals surface area contributed by atoms with Crippen molar-refractivity contribution in [2.24, 2.45) is 45.6 Å². The number of aliphatic hydroxyl groups is 1. The van der Waals surface area contributed by atoms with E-state index in [4.69, 9.17) is 4.74 Å². The minimum Gasteiger partial charge on any atom is -0.411 e. The van der Waals surface area contributed by atoms with E-state index in [0.29, 0.717) is 31.0 Å². The van der Waals surface area contributed by atoms with Gasteiger partial charge < -0.3 is 20.4 Å². The van der Waals surface area contributed by atoms with Crippen molar-refractivity contribution in [3.8, 4) is 0 Å². The molecule has 5 aliphatic rings. The molecule has 3 saturated carbocycles. The van der Waals surface area contributed by atoms with E-state index in [1.807, 2.05) is 0 Å². The molecule has 1 amide bonds. The second kappa shape index (κ2) is 7.25. The van der Waals surface area contributed by atoms with Crippen molar-refractivity contribution in [1.29, 1.82) is 0 Å². The molecule has 0 bridgehead atoms. The molecular weight excluding hydrogens is 428 g/mol. The second-order valence-electron chi connectivity index (χ2n) is 12.0. The fraction of sp³-hybridized carbons (Fsp3) is 0.917. The Morgan fingerprint density at radius 3 is 2.56 bits per heavy atom. The molecule has 0 aromatic rings. The number of hydrogen-bond acceptors (Lipinski definition) is 6. The molecule has 1 spiro atoms. The van der Waals surface area contributed by atoms with Crippen LogP contribution in [0.4, 0.5) is 0 Å². The summed E-state index contributed by atoms with van der Waals surface area (Å²) in [7, 11) is -1.21. The van der Waals surface area contributed by atoms with Crippen molar-refractivity contribution < 1.29 is 24.1 Å². The molecule has 8 heteroatoms. The van der Waals surface area contributed by atoms with E-state index in [-0.39, 0.29) is 46.3 Å². The molecule has 3 N–H and O–H groups in total. The van der Waals surface area contributed by atoms with E-state index in [9.17, 15) is 19.3 Å². The molecule has 3 aliphatic carbocycles. The molecule has 32 heavy (non-hydrogen) atoms. The Labute approximate surface area is 193 Å². The van der Waals surface area contributed by atoms with Crippen molar-refractivity contribution in [3.63, 3.8) is 0 Å². The number of rotatable bonds is 1. The van der Waals surface area contributed by atoms with Gasteiger partial charge in [-0.1, -0.05) is 32.9 Å². The number of carbonyl (C=O) groups excluding carboxylic acids is 1. The van der Waals surface area contributed by atoms with E-state index in [1.54, 1.807) is 6.26 Å². The van der Waals surface area contributed by atoms with Gasteiger partial charge >= 0.3 is 0 Å². The van der Waals surface area contributed by atoms with Gasteiger partial charge in [-0.25, -0.2) is 0 Å². The number of amides is 1. The van der Waals surface area contributed by atoms with Gasteiger partial charge in [0, 0.05) is 46.8 Å². The number of carbonyl (C=O) groups is 1. The fourth-order valence-corrected chi connectivity index (χ4v) is 9.77. The third kappa shape index (κ3) is 2.75. The molecule has 0 aromatic carbocycles. The second-order valence-corrected chi connectivity index (χ2v) is 13.6. The Morgan fingerprint density at radius 1 is 1.19 bits per heavy atom. The topological polar surface area (TPSA) is 108 Å². The summed E-state index contributed by atoms with van der Waals surface area (Å²) in [5.41, 5.74) is -0.575. The van der Waals surface area contributed by atoms with Crippen molar-refractivity contribution in [2.75, 3.05) is 12.8 Å². The number of oxime groups is 1. The van der Waals surface area contributed by atoms with E-state index in [0.717, 1.165) is 19.3 Å². The first-order valence-electron chi connectivity index (χ1n) is 12.2. The van der Waals surface area contributed by atoms with E-state index in [1.165, 1.54) is 0 Å². The zero-order valence-corrected chi connectivity index (χ0v) is 20.7. The van der Waals surface area contributed by atoms with Crippen LogP contribution in [0.15, 0.2) is 5.16 Å². The Kier molecular flexibility index (Phi) is 5.16. The molecular formula is C24H38N2O5S. The molecule has 11 unspecified atom stereocenters. The average molecular weight is 467 g/mol. The lowest BCUT2D eigenvalue weighted by Gasteiger charge is -2.70. The highest BCUT2D eigenvalue weighted by molar-refractivity contribution is 7.85. The van der Waals surface area contributed by atoms with Gasteiger partial charge in [0.1, 0.15) is 0 Å². The van der Waals surface area contributed by atoms with Crippen molar-refractivity contribution in [1.82, 2.24) is 5.32 Å². The van der Waals surface area contributed by atoms with Crippen LogP contribution >= 0.6 is 0 Å². The highest BCUT2D eigenvalue weighted by Gasteiger charge is 2.71. The van der Waals surface area contributed by atoms with Gasteiger partial charge in [-0.05, 0) is 49.4 Å². The van der Waals surface area contributed by atoms with Crippen LogP contribution < -0.4 is 5.32 Å². The maximum atomic E-state index is 12.9. The van der Waals surface area contributed by atoms with Crippen LogP contribution in [0.25, 0.3) is 0 Å². The highest BCUT2D eigenvalue weighted by atomic mass is 32.2. The number of hydrogen-bond donors (Lipinski definition) is 3. The predicted octanol–water partition coefficient (Wildman–Crippen LogP) is 2.32. The number of ether oxygens (including phenoxy) is 1. The molecule has 7 nitrogen and oxygen atoms in total. The summed E-state index contributed by atoms with van der Waals surface area (Å²) in [6.07, 6.45) is 4.87.